The molecule has 6 nitrogen and oxygen atoms in total. The Morgan fingerprint density at radius 2 is 1.43 bits per heavy atom. The first-order chi connectivity index (χ1) is 17.2. The summed E-state index contributed by atoms with van der Waals surface area (Å²) in [5, 5.41) is 11.2. The fraction of sp³-hybridized carbons (Fsp3) is 0.214. The molecule has 0 radical (unpaired) electrons. The zero-order chi connectivity index (χ0) is 23.8. The molecule has 0 amide bonds. The van der Waals surface area contributed by atoms with Crippen LogP contribution in [0.15, 0.2) is 108 Å². The minimum absolute atomic E-state index is 0.0197. The van der Waals surface area contributed by atoms with E-state index in [0.717, 1.165) is 16.7 Å². The van der Waals surface area contributed by atoms with Crippen LogP contribution in [0.4, 0.5) is 0 Å². The number of nitrogens with zero attached hydrogens (tertiary/aromatic N) is 2. The van der Waals surface area contributed by atoms with Gasteiger partial charge in [-0.15, -0.1) is 0 Å². The van der Waals surface area contributed by atoms with E-state index in [1.165, 1.54) is 6.07 Å². The van der Waals surface area contributed by atoms with Gasteiger partial charge in [-0.25, -0.2) is 0 Å². The van der Waals surface area contributed by atoms with Gasteiger partial charge in [-0.1, -0.05) is 0 Å². The fourth-order valence-corrected chi connectivity index (χ4v) is 8.10. The molecule has 1 fully saturated rings. The Bertz CT molecular complexity index is 1270. The summed E-state index contributed by atoms with van der Waals surface area (Å²) in [6, 6.07) is 32.4. The molecule has 0 bridgehead atoms. The quantitative estimate of drug-likeness (QED) is 0.305. The molecule has 3 heterocycles. The van der Waals surface area contributed by atoms with Crippen molar-refractivity contribution < 1.29 is 14.6 Å². The molecule has 1 saturated heterocycles. The summed E-state index contributed by atoms with van der Waals surface area (Å²) >= 11 is -0.0259. The number of hydrogen-bond donors (Lipinski definition) is 1. The van der Waals surface area contributed by atoms with Gasteiger partial charge in [-0.3, -0.25) is 0 Å². The fourth-order valence-electron chi connectivity index (χ4n) is 4.98. The van der Waals surface area contributed by atoms with Crippen molar-refractivity contribution in [2.75, 3.05) is 6.61 Å². The predicted octanol–water partition coefficient (Wildman–Crippen LogP) is 3.38. The molecule has 3 aromatic carbocycles. The van der Waals surface area contributed by atoms with Crippen LogP contribution in [0, 0.1) is 0 Å². The van der Waals surface area contributed by atoms with E-state index >= 15 is 0 Å². The number of aromatic nitrogens is 2. The van der Waals surface area contributed by atoms with E-state index < -0.39 is 17.8 Å². The molecule has 0 spiro atoms. The van der Waals surface area contributed by atoms with Gasteiger partial charge in [0.05, 0.1) is 0 Å². The molecule has 2 aliphatic heterocycles. The Morgan fingerprint density at radius 1 is 0.886 bits per heavy atom. The van der Waals surface area contributed by atoms with E-state index in [1.807, 2.05) is 59.2 Å². The third-order valence-corrected chi connectivity index (χ3v) is 9.87. The standard InChI is InChI=1S/C28H24N2O4Se/c31-23-16-17-30-26-25(34-27(30)29-23)24(32)22(35-26)18-33-28(19-10-4-1-5-11-19,20-12-6-2-7-13-20)21-14-8-3-9-15-21/h1-17,22,24-26,32H,18H2. The van der Waals surface area contributed by atoms with Gasteiger partial charge in [-0.2, -0.15) is 0 Å². The Labute approximate surface area is 209 Å². The molecular formula is C28H24N2O4Se. The van der Waals surface area contributed by atoms with Crippen LogP contribution in [-0.2, 0) is 10.3 Å². The maximum atomic E-state index is 11.6. The molecule has 0 saturated carbocycles. The van der Waals surface area contributed by atoms with Crippen LogP contribution in [0.5, 0.6) is 6.01 Å². The van der Waals surface area contributed by atoms with Crippen LogP contribution in [0.2, 0.25) is 4.82 Å². The second-order valence-electron chi connectivity index (χ2n) is 8.68. The number of aliphatic hydroxyl groups is 1. The molecule has 4 unspecified atom stereocenters. The van der Waals surface area contributed by atoms with Crippen molar-refractivity contribution in [2.45, 2.75) is 27.6 Å². The number of ether oxygens (including phenoxy) is 2. The van der Waals surface area contributed by atoms with Gasteiger partial charge in [0.1, 0.15) is 0 Å². The van der Waals surface area contributed by atoms with Crippen LogP contribution in [0.1, 0.15) is 21.6 Å². The average molecular weight is 531 g/mol. The van der Waals surface area contributed by atoms with Gasteiger partial charge < -0.3 is 0 Å². The topological polar surface area (TPSA) is 73.6 Å². The summed E-state index contributed by atoms with van der Waals surface area (Å²) in [4.78, 5) is 15.5. The second-order valence-corrected chi connectivity index (χ2v) is 11.5. The number of rotatable bonds is 6. The van der Waals surface area contributed by atoms with Crippen molar-refractivity contribution in [2.24, 2.45) is 0 Å². The van der Waals surface area contributed by atoms with Crippen molar-refractivity contribution >= 4 is 15.0 Å². The molecule has 4 atom stereocenters. The number of aliphatic hydroxyl groups excluding tert-OH is 1. The van der Waals surface area contributed by atoms with Gasteiger partial charge in [0, 0.05) is 0 Å². The first-order valence-electron chi connectivity index (χ1n) is 11.6. The van der Waals surface area contributed by atoms with Gasteiger partial charge >= 0.3 is 210 Å². The summed E-state index contributed by atoms with van der Waals surface area (Å²) in [5.74, 6) is 0. The van der Waals surface area contributed by atoms with Crippen molar-refractivity contribution in [1.82, 2.24) is 9.55 Å². The van der Waals surface area contributed by atoms with Crippen LogP contribution >= 0.6 is 0 Å². The van der Waals surface area contributed by atoms with Gasteiger partial charge in [-0.05, 0) is 0 Å². The van der Waals surface area contributed by atoms with Crippen molar-refractivity contribution in [1.29, 1.82) is 0 Å². The maximum absolute atomic E-state index is 11.6. The summed E-state index contributed by atoms with van der Waals surface area (Å²) in [6.45, 7) is 0.360. The molecule has 6 rings (SSSR count). The molecule has 176 valence electrons. The Hall–Kier alpha value is -3.22. The van der Waals surface area contributed by atoms with Gasteiger partial charge in [0.15, 0.2) is 0 Å². The molecular weight excluding hydrogens is 507 g/mol. The van der Waals surface area contributed by atoms with Gasteiger partial charge in [0.25, 0.3) is 0 Å². The first kappa shape index (κ1) is 22.3. The molecule has 0 aliphatic carbocycles. The van der Waals surface area contributed by atoms with E-state index in [0.29, 0.717) is 12.6 Å². The Kier molecular flexibility index (Phi) is 5.78. The zero-order valence-corrected chi connectivity index (χ0v) is 20.5. The van der Waals surface area contributed by atoms with Crippen LogP contribution in [0.3, 0.4) is 0 Å². The summed E-state index contributed by atoms with van der Waals surface area (Å²) in [7, 11) is 0. The summed E-state index contributed by atoms with van der Waals surface area (Å²) < 4.78 is 14.7. The van der Waals surface area contributed by atoms with E-state index in [2.05, 4.69) is 41.4 Å². The van der Waals surface area contributed by atoms with E-state index in [-0.39, 0.29) is 30.3 Å². The predicted molar refractivity (Wildman–Crippen MR) is 133 cm³/mol. The number of fused-ring (bicyclic) bond motifs is 3. The van der Waals surface area contributed by atoms with Crippen LogP contribution < -0.4 is 10.3 Å². The number of hydrogen-bond acceptors (Lipinski definition) is 5. The molecule has 2 aliphatic rings. The van der Waals surface area contributed by atoms with E-state index in [1.54, 1.807) is 6.20 Å². The summed E-state index contributed by atoms with van der Waals surface area (Å²) in [6.07, 6.45) is 0.587. The monoisotopic (exact) mass is 532 g/mol. The van der Waals surface area contributed by atoms with Crippen molar-refractivity contribution in [3.63, 3.8) is 0 Å². The van der Waals surface area contributed by atoms with Crippen LogP contribution in [0.25, 0.3) is 0 Å². The van der Waals surface area contributed by atoms with E-state index in [9.17, 15) is 9.90 Å². The third-order valence-electron chi connectivity index (χ3n) is 6.64. The molecule has 1 N–H and O–H groups in total. The molecule has 4 aromatic rings. The Morgan fingerprint density at radius 3 is 1.97 bits per heavy atom. The second kappa shape index (κ2) is 9.10. The summed E-state index contributed by atoms with van der Waals surface area (Å²) in [5.41, 5.74) is 1.92. The zero-order valence-electron chi connectivity index (χ0n) is 18.8. The minimum atomic E-state index is -0.831. The normalized spacial score (nSPS) is 22.9. The van der Waals surface area contributed by atoms with Crippen molar-refractivity contribution in [3.05, 3.63) is 130 Å². The number of benzene rings is 3. The molecule has 7 heteroatoms. The third kappa shape index (κ3) is 3.81. The van der Waals surface area contributed by atoms with Crippen molar-refractivity contribution in [3.8, 4) is 6.01 Å². The van der Waals surface area contributed by atoms with Gasteiger partial charge in [0.2, 0.25) is 0 Å². The van der Waals surface area contributed by atoms with Crippen LogP contribution in [-0.4, -0.2) is 48.4 Å². The SMILES string of the molecule is O=c1ccn2c(n1)OC1C(O)C(COC(c3ccccc3)(c3ccccc3)c3ccccc3)[Se]C12. The molecule has 35 heavy (non-hydrogen) atoms. The van der Waals surface area contributed by atoms with E-state index in [4.69, 9.17) is 9.47 Å². The Balaban J connectivity index is 1.37. The first-order valence-corrected chi connectivity index (χ1v) is 13.5. The molecule has 1 aromatic heterocycles. The average Bonchev–Trinajstić information content (AvgIpc) is 3.41.